The van der Waals surface area contributed by atoms with E-state index in [-0.39, 0.29) is 12.6 Å². The summed E-state index contributed by atoms with van der Waals surface area (Å²) in [6.07, 6.45) is 0.766. The molecule has 0 aromatic carbocycles. The Morgan fingerprint density at radius 1 is 1.53 bits per heavy atom. The SMILES string of the molecule is CC1NCCn2c(S(=O)(=O)C(F)(F)F)cnc21. The fourth-order valence-electron chi connectivity index (χ4n) is 1.76. The maximum absolute atomic E-state index is 12.4. The summed E-state index contributed by atoms with van der Waals surface area (Å²) in [5.74, 6) is 0.305. The Hall–Kier alpha value is -1.09. The van der Waals surface area contributed by atoms with Gasteiger partial charge in [0, 0.05) is 13.1 Å². The Balaban J connectivity index is 2.56. The van der Waals surface area contributed by atoms with E-state index in [0.29, 0.717) is 12.4 Å². The number of halogens is 3. The standard InChI is InChI=1S/C8H10F3N3O2S/c1-5-7-13-4-6(14(7)3-2-12-5)17(15,16)8(9,10)11/h4-5,12H,2-3H2,1H3. The van der Waals surface area contributed by atoms with E-state index in [2.05, 4.69) is 10.3 Å². The highest BCUT2D eigenvalue weighted by molar-refractivity contribution is 7.92. The van der Waals surface area contributed by atoms with Crippen LogP contribution in [0.5, 0.6) is 0 Å². The number of sulfone groups is 1. The summed E-state index contributed by atoms with van der Waals surface area (Å²) in [4.78, 5) is 3.74. The Morgan fingerprint density at radius 3 is 2.76 bits per heavy atom. The Kier molecular flexibility index (Phi) is 2.69. The number of nitrogens with one attached hydrogen (secondary N) is 1. The van der Waals surface area contributed by atoms with Gasteiger partial charge in [-0.05, 0) is 6.92 Å². The average Bonchev–Trinajstić information content (AvgIpc) is 2.61. The molecule has 1 N–H and O–H groups in total. The summed E-state index contributed by atoms with van der Waals surface area (Å²) in [6.45, 7) is 2.28. The number of imidazole rings is 1. The maximum Gasteiger partial charge on any atom is 0.503 e. The van der Waals surface area contributed by atoms with E-state index in [0.717, 1.165) is 10.8 Å². The van der Waals surface area contributed by atoms with Crippen molar-refractivity contribution < 1.29 is 21.6 Å². The van der Waals surface area contributed by atoms with Crippen molar-refractivity contribution in [2.24, 2.45) is 0 Å². The highest BCUT2D eigenvalue weighted by atomic mass is 32.2. The van der Waals surface area contributed by atoms with Gasteiger partial charge in [-0.3, -0.25) is 0 Å². The smallest absolute Gasteiger partial charge is 0.316 e. The molecule has 2 rings (SSSR count). The molecule has 5 nitrogen and oxygen atoms in total. The van der Waals surface area contributed by atoms with Crippen LogP contribution >= 0.6 is 0 Å². The number of fused-ring (bicyclic) bond motifs is 1. The molecule has 1 atom stereocenters. The van der Waals surface area contributed by atoms with Crippen LogP contribution in [0.1, 0.15) is 18.8 Å². The molecule has 9 heteroatoms. The molecule has 1 unspecified atom stereocenters. The molecule has 17 heavy (non-hydrogen) atoms. The van der Waals surface area contributed by atoms with E-state index in [4.69, 9.17) is 0 Å². The zero-order chi connectivity index (χ0) is 12.8. The molecule has 1 aromatic rings. The zero-order valence-electron chi connectivity index (χ0n) is 8.82. The second kappa shape index (κ2) is 3.70. The molecule has 0 radical (unpaired) electrons. The van der Waals surface area contributed by atoms with Gasteiger partial charge in [-0.25, -0.2) is 13.4 Å². The van der Waals surface area contributed by atoms with Gasteiger partial charge in [0.15, 0.2) is 5.03 Å². The van der Waals surface area contributed by atoms with Crippen LogP contribution < -0.4 is 5.32 Å². The van der Waals surface area contributed by atoms with Crippen LogP contribution in [0.3, 0.4) is 0 Å². The first-order valence-corrected chi connectivity index (χ1v) is 6.33. The second-order valence-corrected chi connectivity index (χ2v) is 5.62. The van der Waals surface area contributed by atoms with Crippen molar-refractivity contribution >= 4 is 9.84 Å². The van der Waals surface area contributed by atoms with Gasteiger partial charge < -0.3 is 9.88 Å². The lowest BCUT2D eigenvalue weighted by Gasteiger charge is -2.23. The summed E-state index contributed by atoms with van der Waals surface area (Å²) in [5.41, 5.74) is -5.29. The first-order chi connectivity index (χ1) is 7.75. The maximum atomic E-state index is 12.4. The molecule has 0 aliphatic carbocycles. The van der Waals surface area contributed by atoms with Crippen LogP contribution in [0.25, 0.3) is 0 Å². The average molecular weight is 269 g/mol. The minimum absolute atomic E-state index is 0.157. The highest BCUT2D eigenvalue weighted by Crippen LogP contribution is 2.32. The van der Waals surface area contributed by atoms with E-state index in [9.17, 15) is 21.6 Å². The first-order valence-electron chi connectivity index (χ1n) is 4.85. The lowest BCUT2D eigenvalue weighted by Crippen LogP contribution is -2.34. The minimum Gasteiger partial charge on any atom is -0.316 e. The van der Waals surface area contributed by atoms with Gasteiger partial charge >= 0.3 is 5.51 Å². The largest absolute Gasteiger partial charge is 0.503 e. The highest BCUT2D eigenvalue weighted by Gasteiger charge is 2.49. The third kappa shape index (κ3) is 1.82. The van der Waals surface area contributed by atoms with Crippen molar-refractivity contribution in [3.05, 3.63) is 12.0 Å². The summed E-state index contributed by atoms with van der Waals surface area (Å²) >= 11 is 0. The Labute approximate surface area is 95.6 Å². The number of nitrogens with zero attached hydrogens (tertiary/aromatic N) is 2. The van der Waals surface area contributed by atoms with Crippen molar-refractivity contribution in [1.29, 1.82) is 0 Å². The van der Waals surface area contributed by atoms with Crippen LogP contribution in [0, 0.1) is 0 Å². The lowest BCUT2D eigenvalue weighted by atomic mass is 10.2. The second-order valence-electron chi connectivity index (χ2n) is 3.73. The van der Waals surface area contributed by atoms with E-state index >= 15 is 0 Å². The summed E-state index contributed by atoms with van der Waals surface area (Å²) < 4.78 is 60.9. The van der Waals surface area contributed by atoms with E-state index in [1.54, 1.807) is 6.92 Å². The van der Waals surface area contributed by atoms with Gasteiger partial charge in [0.25, 0.3) is 9.84 Å². The molecular formula is C8H10F3N3O2S. The first kappa shape index (κ1) is 12.4. The minimum atomic E-state index is -5.33. The topological polar surface area (TPSA) is 64.0 Å². The van der Waals surface area contributed by atoms with E-state index < -0.39 is 20.4 Å². The van der Waals surface area contributed by atoms with Gasteiger partial charge in [0.1, 0.15) is 5.82 Å². The van der Waals surface area contributed by atoms with Gasteiger partial charge in [0.05, 0.1) is 12.2 Å². The Morgan fingerprint density at radius 2 is 2.18 bits per heavy atom. The summed E-state index contributed by atoms with van der Waals surface area (Å²) in [5, 5.41) is 2.20. The summed E-state index contributed by atoms with van der Waals surface area (Å²) in [7, 11) is -5.33. The number of alkyl halides is 3. The third-order valence-corrected chi connectivity index (χ3v) is 4.09. The lowest BCUT2D eigenvalue weighted by molar-refractivity contribution is -0.0440. The zero-order valence-corrected chi connectivity index (χ0v) is 9.64. The van der Waals surface area contributed by atoms with Crippen LogP contribution in [0.15, 0.2) is 11.2 Å². The normalized spacial score (nSPS) is 21.3. The molecule has 1 aromatic heterocycles. The van der Waals surface area contributed by atoms with E-state index in [1.165, 1.54) is 0 Å². The fourth-order valence-corrected chi connectivity index (χ4v) is 2.66. The molecular weight excluding hydrogens is 259 g/mol. The molecule has 0 fully saturated rings. The van der Waals surface area contributed by atoms with Gasteiger partial charge in [-0.1, -0.05) is 0 Å². The summed E-state index contributed by atoms with van der Waals surface area (Å²) in [6, 6.07) is -0.263. The Bertz CT molecular complexity index is 535. The van der Waals surface area contributed by atoms with Gasteiger partial charge in [0.2, 0.25) is 0 Å². The molecule has 96 valence electrons. The van der Waals surface area contributed by atoms with Crippen molar-refractivity contribution in [3.63, 3.8) is 0 Å². The molecule has 0 spiro atoms. The van der Waals surface area contributed by atoms with Crippen molar-refractivity contribution in [2.75, 3.05) is 6.54 Å². The van der Waals surface area contributed by atoms with Crippen LogP contribution in [0.4, 0.5) is 13.2 Å². The van der Waals surface area contributed by atoms with Crippen LogP contribution in [0.2, 0.25) is 0 Å². The molecule has 0 saturated carbocycles. The molecule has 1 aliphatic heterocycles. The predicted molar refractivity (Wildman–Crippen MR) is 51.9 cm³/mol. The molecule has 0 amide bonds. The van der Waals surface area contributed by atoms with Gasteiger partial charge in [-0.2, -0.15) is 13.2 Å². The predicted octanol–water partition coefficient (Wildman–Crippen LogP) is 0.841. The number of rotatable bonds is 1. The van der Waals surface area contributed by atoms with Crippen molar-refractivity contribution in [1.82, 2.24) is 14.9 Å². The van der Waals surface area contributed by atoms with Gasteiger partial charge in [-0.15, -0.1) is 0 Å². The van der Waals surface area contributed by atoms with Crippen LogP contribution in [-0.2, 0) is 16.4 Å². The molecule has 0 bridgehead atoms. The molecule has 2 heterocycles. The molecule has 1 aliphatic rings. The fraction of sp³-hybridized carbons (Fsp3) is 0.625. The van der Waals surface area contributed by atoms with Crippen molar-refractivity contribution in [3.8, 4) is 0 Å². The quantitative estimate of drug-likeness (QED) is 0.820. The third-order valence-electron chi connectivity index (χ3n) is 2.60. The number of aromatic nitrogens is 2. The van der Waals surface area contributed by atoms with Crippen molar-refractivity contribution in [2.45, 2.75) is 30.0 Å². The van der Waals surface area contributed by atoms with Crippen LogP contribution in [-0.4, -0.2) is 30.0 Å². The number of hydrogen-bond acceptors (Lipinski definition) is 4. The number of hydrogen-bond donors (Lipinski definition) is 1. The monoisotopic (exact) mass is 269 g/mol. The van der Waals surface area contributed by atoms with E-state index in [1.807, 2.05) is 0 Å². The molecule has 0 saturated heterocycles.